The van der Waals surface area contributed by atoms with Gasteiger partial charge in [0.25, 0.3) is 0 Å². The molecule has 0 saturated carbocycles. The first-order chi connectivity index (χ1) is 7.98. The molecule has 17 heavy (non-hydrogen) atoms. The van der Waals surface area contributed by atoms with E-state index >= 15 is 0 Å². The number of rotatable bonds is 2. The Balaban J connectivity index is 2.29. The Kier molecular flexibility index (Phi) is 3.40. The summed E-state index contributed by atoms with van der Waals surface area (Å²) in [5, 5.41) is 10.2. The van der Waals surface area contributed by atoms with Crippen molar-refractivity contribution in [2.24, 2.45) is 5.73 Å². The largest absolute Gasteiger partial charge is 0.493 e. The van der Waals surface area contributed by atoms with E-state index in [-0.39, 0.29) is 0 Å². The van der Waals surface area contributed by atoms with Gasteiger partial charge < -0.3 is 15.6 Å². The van der Waals surface area contributed by atoms with Crippen LogP contribution in [0.1, 0.15) is 43.9 Å². The molecule has 0 spiro atoms. The molecule has 1 aliphatic heterocycles. The summed E-state index contributed by atoms with van der Waals surface area (Å²) in [7, 11) is 0. The van der Waals surface area contributed by atoms with Crippen LogP contribution in [0.15, 0.2) is 18.2 Å². The summed E-state index contributed by atoms with van der Waals surface area (Å²) < 4.78 is 5.66. The fourth-order valence-electron chi connectivity index (χ4n) is 2.13. The van der Waals surface area contributed by atoms with Crippen LogP contribution in [0.2, 0.25) is 0 Å². The standard InChI is InChI=1S/C14H21NO2/c1-14(2,15)13(16)11-6-7-12-10(9-11)5-3-4-8-17-12/h6-7,9,13,16H,3-5,8,15H2,1-2H3. The van der Waals surface area contributed by atoms with Gasteiger partial charge in [-0.05, 0) is 56.4 Å². The summed E-state index contributed by atoms with van der Waals surface area (Å²) in [5.74, 6) is 0.952. The van der Waals surface area contributed by atoms with Crippen LogP contribution in [0.5, 0.6) is 5.75 Å². The third kappa shape index (κ3) is 2.79. The molecule has 3 nitrogen and oxygen atoms in total. The molecule has 1 unspecified atom stereocenters. The lowest BCUT2D eigenvalue weighted by Crippen LogP contribution is -2.39. The molecule has 1 aromatic carbocycles. The van der Waals surface area contributed by atoms with Crippen LogP contribution in [0.25, 0.3) is 0 Å². The molecule has 0 saturated heterocycles. The molecule has 1 atom stereocenters. The SMILES string of the molecule is CC(C)(N)C(O)c1ccc2c(c1)CCCCO2. The average molecular weight is 235 g/mol. The maximum atomic E-state index is 10.2. The second-order valence-corrected chi connectivity index (χ2v) is 5.40. The quantitative estimate of drug-likeness (QED) is 0.826. The summed E-state index contributed by atoms with van der Waals surface area (Å²) in [6, 6.07) is 5.88. The van der Waals surface area contributed by atoms with Gasteiger partial charge in [-0.2, -0.15) is 0 Å². The zero-order chi connectivity index (χ0) is 12.5. The molecule has 0 bridgehead atoms. The summed E-state index contributed by atoms with van der Waals surface area (Å²) in [6.45, 7) is 4.46. The molecule has 1 aromatic rings. The first-order valence-corrected chi connectivity index (χ1v) is 6.21. The van der Waals surface area contributed by atoms with Crippen molar-refractivity contribution < 1.29 is 9.84 Å². The Morgan fingerprint density at radius 1 is 1.35 bits per heavy atom. The van der Waals surface area contributed by atoms with Crippen LogP contribution in [0, 0.1) is 0 Å². The van der Waals surface area contributed by atoms with E-state index in [2.05, 4.69) is 0 Å². The maximum Gasteiger partial charge on any atom is 0.122 e. The van der Waals surface area contributed by atoms with Gasteiger partial charge in [-0.15, -0.1) is 0 Å². The Hall–Kier alpha value is -1.06. The lowest BCUT2D eigenvalue weighted by Gasteiger charge is -2.26. The van der Waals surface area contributed by atoms with Crippen molar-refractivity contribution in [3.63, 3.8) is 0 Å². The highest BCUT2D eigenvalue weighted by molar-refractivity contribution is 5.39. The second-order valence-electron chi connectivity index (χ2n) is 5.40. The van der Waals surface area contributed by atoms with Gasteiger partial charge in [0.2, 0.25) is 0 Å². The van der Waals surface area contributed by atoms with E-state index < -0.39 is 11.6 Å². The molecule has 3 N–H and O–H groups in total. The molecular formula is C14H21NO2. The smallest absolute Gasteiger partial charge is 0.122 e. The first-order valence-electron chi connectivity index (χ1n) is 6.21. The molecule has 0 amide bonds. The highest BCUT2D eigenvalue weighted by atomic mass is 16.5. The number of fused-ring (bicyclic) bond motifs is 1. The lowest BCUT2D eigenvalue weighted by atomic mass is 9.91. The fraction of sp³-hybridized carbons (Fsp3) is 0.571. The molecule has 3 heteroatoms. The van der Waals surface area contributed by atoms with Crippen LogP contribution in [0.3, 0.4) is 0 Å². The third-order valence-electron chi connectivity index (χ3n) is 3.20. The van der Waals surface area contributed by atoms with Crippen molar-refractivity contribution >= 4 is 0 Å². The Morgan fingerprint density at radius 3 is 2.82 bits per heavy atom. The minimum absolute atomic E-state index is 0.625. The molecular weight excluding hydrogens is 214 g/mol. The monoisotopic (exact) mass is 235 g/mol. The normalized spacial score (nSPS) is 17.9. The van der Waals surface area contributed by atoms with Crippen molar-refractivity contribution in [2.75, 3.05) is 6.61 Å². The number of aliphatic hydroxyl groups is 1. The Bertz CT molecular complexity index is 396. The highest BCUT2D eigenvalue weighted by Crippen LogP contribution is 2.30. The minimum atomic E-state index is -0.643. The molecule has 1 heterocycles. The van der Waals surface area contributed by atoms with E-state index in [0.29, 0.717) is 0 Å². The van der Waals surface area contributed by atoms with E-state index in [1.165, 1.54) is 5.56 Å². The second kappa shape index (κ2) is 4.67. The summed E-state index contributed by atoms with van der Waals surface area (Å²) in [4.78, 5) is 0. The fourth-order valence-corrected chi connectivity index (χ4v) is 2.13. The number of nitrogens with two attached hydrogens (primary N) is 1. The maximum absolute atomic E-state index is 10.2. The predicted octanol–water partition coefficient (Wildman–Crippen LogP) is 2.17. The van der Waals surface area contributed by atoms with Gasteiger partial charge in [0, 0.05) is 5.54 Å². The lowest BCUT2D eigenvalue weighted by molar-refractivity contribution is 0.104. The van der Waals surface area contributed by atoms with Gasteiger partial charge in [0.05, 0.1) is 12.7 Å². The van der Waals surface area contributed by atoms with Gasteiger partial charge in [-0.25, -0.2) is 0 Å². The topological polar surface area (TPSA) is 55.5 Å². The molecule has 0 radical (unpaired) electrons. The molecule has 0 aliphatic carbocycles. The molecule has 0 fully saturated rings. The third-order valence-corrected chi connectivity index (χ3v) is 3.20. The predicted molar refractivity (Wildman–Crippen MR) is 68.1 cm³/mol. The molecule has 94 valence electrons. The summed E-state index contributed by atoms with van der Waals surface area (Å²) in [6.07, 6.45) is 2.60. The molecule has 0 aromatic heterocycles. The van der Waals surface area contributed by atoms with Crippen LogP contribution in [-0.4, -0.2) is 17.3 Å². The number of hydrogen-bond acceptors (Lipinski definition) is 3. The van der Waals surface area contributed by atoms with E-state index in [9.17, 15) is 5.11 Å². The van der Waals surface area contributed by atoms with Crippen LogP contribution >= 0.6 is 0 Å². The van der Waals surface area contributed by atoms with Gasteiger partial charge in [-0.1, -0.05) is 6.07 Å². The highest BCUT2D eigenvalue weighted by Gasteiger charge is 2.25. The van der Waals surface area contributed by atoms with E-state index in [0.717, 1.165) is 37.2 Å². The van der Waals surface area contributed by atoms with Gasteiger partial charge in [0.15, 0.2) is 0 Å². The van der Waals surface area contributed by atoms with Crippen LogP contribution in [0.4, 0.5) is 0 Å². The number of benzene rings is 1. The van der Waals surface area contributed by atoms with Crippen molar-refractivity contribution in [3.8, 4) is 5.75 Å². The van der Waals surface area contributed by atoms with Crippen molar-refractivity contribution in [1.82, 2.24) is 0 Å². The number of ether oxygens (including phenoxy) is 1. The van der Waals surface area contributed by atoms with Gasteiger partial charge in [0.1, 0.15) is 5.75 Å². The van der Waals surface area contributed by atoms with Gasteiger partial charge >= 0.3 is 0 Å². The van der Waals surface area contributed by atoms with Crippen molar-refractivity contribution in [1.29, 1.82) is 0 Å². The number of aliphatic hydroxyl groups excluding tert-OH is 1. The summed E-state index contributed by atoms with van der Waals surface area (Å²) in [5.41, 5.74) is 7.37. The zero-order valence-corrected chi connectivity index (χ0v) is 10.6. The van der Waals surface area contributed by atoms with Crippen LogP contribution in [-0.2, 0) is 6.42 Å². The van der Waals surface area contributed by atoms with E-state index in [1.54, 1.807) is 0 Å². The Morgan fingerprint density at radius 2 is 2.12 bits per heavy atom. The number of aryl methyl sites for hydroxylation is 1. The van der Waals surface area contributed by atoms with Crippen molar-refractivity contribution in [3.05, 3.63) is 29.3 Å². The van der Waals surface area contributed by atoms with Crippen molar-refractivity contribution in [2.45, 2.75) is 44.8 Å². The van der Waals surface area contributed by atoms with E-state index in [4.69, 9.17) is 10.5 Å². The minimum Gasteiger partial charge on any atom is -0.493 e. The average Bonchev–Trinajstić information content (AvgIpc) is 2.50. The zero-order valence-electron chi connectivity index (χ0n) is 10.6. The molecule has 2 rings (SSSR count). The molecule has 1 aliphatic rings. The first kappa shape index (κ1) is 12.4. The summed E-state index contributed by atoms with van der Waals surface area (Å²) >= 11 is 0. The van der Waals surface area contributed by atoms with E-state index in [1.807, 2.05) is 32.0 Å². The number of hydrogen-bond donors (Lipinski definition) is 2. The van der Waals surface area contributed by atoms with Crippen LogP contribution < -0.4 is 10.5 Å². The van der Waals surface area contributed by atoms with Gasteiger partial charge in [-0.3, -0.25) is 0 Å². The Labute approximate surface area is 103 Å².